The van der Waals surface area contributed by atoms with Gasteiger partial charge >= 0.3 is 5.97 Å². The van der Waals surface area contributed by atoms with Crippen molar-refractivity contribution >= 4 is 11.9 Å². The Balaban J connectivity index is 3.39. The minimum atomic E-state index is -0.843. The van der Waals surface area contributed by atoms with Gasteiger partial charge in [-0.1, -0.05) is 289 Å². The lowest BCUT2D eigenvalue weighted by Gasteiger charge is -2.20. The smallest absolute Gasteiger partial charge is 0.305 e. The molecule has 6 nitrogen and oxygen atoms in total. The highest BCUT2D eigenvalue weighted by atomic mass is 16.5. The molecule has 0 bridgehead atoms. The quantitative estimate of drug-likeness (QED) is 0.0321. The molecular formula is C62H119NO5. The Morgan fingerprint density at radius 3 is 1.07 bits per heavy atom. The molecule has 0 aliphatic rings. The number of hydrogen-bond acceptors (Lipinski definition) is 5. The van der Waals surface area contributed by atoms with Crippen LogP contribution in [-0.2, 0) is 14.3 Å². The molecule has 402 valence electrons. The third-order valence-electron chi connectivity index (χ3n) is 14.2. The second-order valence-electron chi connectivity index (χ2n) is 21.0. The van der Waals surface area contributed by atoms with Crippen LogP contribution in [0.15, 0.2) is 24.3 Å². The maximum Gasteiger partial charge on any atom is 0.305 e. The van der Waals surface area contributed by atoms with Gasteiger partial charge < -0.3 is 20.3 Å². The summed E-state index contributed by atoms with van der Waals surface area (Å²) in [6.07, 6.45) is 70.7. The molecule has 0 spiro atoms. The second-order valence-corrected chi connectivity index (χ2v) is 21.0. The number of allylic oxidation sites excluding steroid dienone is 3. The lowest BCUT2D eigenvalue weighted by atomic mass is 10.0. The topological polar surface area (TPSA) is 95.9 Å². The summed E-state index contributed by atoms with van der Waals surface area (Å²) in [5.74, 6) is -0.0603. The van der Waals surface area contributed by atoms with Gasteiger partial charge in [-0.2, -0.15) is 0 Å². The van der Waals surface area contributed by atoms with Gasteiger partial charge in [0.1, 0.15) is 0 Å². The lowest BCUT2D eigenvalue weighted by Crippen LogP contribution is -2.45. The molecule has 2 unspecified atom stereocenters. The first-order chi connectivity index (χ1) is 33.5. The minimum Gasteiger partial charge on any atom is -0.466 e. The van der Waals surface area contributed by atoms with E-state index >= 15 is 0 Å². The molecule has 3 N–H and O–H groups in total. The number of carbonyl (C=O) groups excluding carboxylic acids is 2. The monoisotopic (exact) mass is 958 g/mol. The number of aliphatic hydroxyl groups is 2. The highest BCUT2D eigenvalue weighted by molar-refractivity contribution is 5.76. The van der Waals surface area contributed by atoms with E-state index in [1.165, 1.54) is 263 Å². The predicted molar refractivity (Wildman–Crippen MR) is 296 cm³/mol. The zero-order valence-corrected chi connectivity index (χ0v) is 45.9. The Morgan fingerprint density at radius 2 is 0.691 bits per heavy atom. The number of nitrogens with one attached hydrogen (secondary N) is 1. The van der Waals surface area contributed by atoms with Crippen molar-refractivity contribution in [2.45, 2.75) is 347 Å². The normalized spacial score (nSPS) is 12.7. The largest absolute Gasteiger partial charge is 0.466 e. The van der Waals surface area contributed by atoms with Crippen molar-refractivity contribution in [3.05, 3.63) is 24.3 Å². The first kappa shape index (κ1) is 66.3. The number of hydrogen-bond donors (Lipinski definition) is 3. The highest BCUT2D eigenvalue weighted by Crippen LogP contribution is 2.18. The average molecular weight is 959 g/mol. The van der Waals surface area contributed by atoms with Crippen LogP contribution in [-0.4, -0.2) is 47.4 Å². The molecule has 0 saturated carbocycles. The van der Waals surface area contributed by atoms with Crippen molar-refractivity contribution in [3.63, 3.8) is 0 Å². The van der Waals surface area contributed by atoms with Crippen molar-refractivity contribution in [2.75, 3.05) is 13.2 Å². The van der Waals surface area contributed by atoms with Crippen molar-refractivity contribution in [3.8, 4) is 0 Å². The molecule has 0 fully saturated rings. The van der Waals surface area contributed by atoms with Gasteiger partial charge in [-0.25, -0.2) is 0 Å². The van der Waals surface area contributed by atoms with E-state index in [1.54, 1.807) is 6.08 Å². The Labute approximate surface area is 424 Å². The Morgan fingerprint density at radius 1 is 0.397 bits per heavy atom. The van der Waals surface area contributed by atoms with E-state index in [0.29, 0.717) is 19.4 Å². The average Bonchev–Trinajstić information content (AvgIpc) is 3.34. The van der Waals surface area contributed by atoms with E-state index in [4.69, 9.17) is 4.74 Å². The van der Waals surface area contributed by atoms with E-state index in [9.17, 15) is 19.8 Å². The number of rotatable bonds is 57. The predicted octanol–water partition coefficient (Wildman–Crippen LogP) is 19.0. The zero-order valence-electron chi connectivity index (χ0n) is 45.9. The molecule has 0 aliphatic carbocycles. The van der Waals surface area contributed by atoms with E-state index in [1.807, 2.05) is 6.08 Å². The molecule has 6 heteroatoms. The Bertz CT molecular complexity index is 1060. The van der Waals surface area contributed by atoms with E-state index in [2.05, 4.69) is 31.3 Å². The first-order valence-corrected chi connectivity index (χ1v) is 30.6. The van der Waals surface area contributed by atoms with Gasteiger partial charge in [0.2, 0.25) is 5.91 Å². The summed E-state index contributed by atoms with van der Waals surface area (Å²) < 4.78 is 5.47. The molecule has 68 heavy (non-hydrogen) atoms. The number of carbonyl (C=O) groups is 2. The highest BCUT2D eigenvalue weighted by Gasteiger charge is 2.18. The van der Waals surface area contributed by atoms with Crippen molar-refractivity contribution in [1.29, 1.82) is 0 Å². The number of esters is 1. The summed E-state index contributed by atoms with van der Waals surface area (Å²) in [7, 11) is 0. The molecular weight excluding hydrogens is 839 g/mol. The van der Waals surface area contributed by atoms with Gasteiger partial charge in [0.15, 0.2) is 0 Å². The molecule has 0 aromatic rings. The molecule has 2 atom stereocenters. The fourth-order valence-corrected chi connectivity index (χ4v) is 9.51. The van der Waals surface area contributed by atoms with Crippen LogP contribution in [0.5, 0.6) is 0 Å². The summed E-state index contributed by atoms with van der Waals surface area (Å²) in [5, 5.41) is 23.1. The van der Waals surface area contributed by atoms with Gasteiger partial charge in [0, 0.05) is 12.8 Å². The van der Waals surface area contributed by atoms with E-state index < -0.39 is 12.1 Å². The maximum atomic E-state index is 12.5. The van der Waals surface area contributed by atoms with Gasteiger partial charge in [0.05, 0.1) is 25.4 Å². The SMILES string of the molecule is CCCCC/C=C\CCCCCCCC(=O)OCCCCCCCCCCCCCCCCCCCCCCCCCCC(=O)NC(CO)C(O)/C=C/CCCCCCCCCCCCCCC. The van der Waals surface area contributed by atoms with Crippen molar-refractivity contribution in [2.24, 2.45) is 0 Å². The standard InChI is InChI=1S/C62H119NO5/c1-3-5-7-9-11-13-15-17-28-31-34-38-42-46-50-54-60(65)59(58-64)63-61(66)55-51-47-43-39-35-32-29-26-24-22-20-18-19-21-23-25-27-30-33-37-41-45-49-53-57-68-62(67)56-52-48-44-40-36-16-14-12-10-8-6-4-2/h12,14,50,54,59-60,64-65H,3-11,13,15-49,51-53,55-58H2,1-2H3,(H,63,66)/b14-12-,54-50+. The van der Waals surface area contributed by atoms with Crippen LogP contribution in [0.3, 0.4) is 0 Å². The van der Waals surface area contributed by atoms with Crippen LogP contribution in [0.1, 0.15) is 335 Å². The molecule has 0 aromatic heterocycles. The first-order valence-electron chi connectivity index (χ1n) is 30.6. The molecule has 0 saturated heterocycles. The second kappa shape index (κ2) is 57.9. The fourth-order valence-electron chi connectivity index (χ4n) is 9.51. The number of amides is 1. The molecule has 0 rings (SSSR count). The van der Waals surface area contributed by atoms with Crippen LogP contribution in [0, 0.1) is 0 Å². The van der Waals surface area contributed by atoms with Crippen LogP contribution in [0.4, 0.5) is 0 Å². The summed E-state index contributed by atoms with van der Waals surface area (Å²) >= 11 is 0. The minimum absolute atomic E-state index is 0.00501. The van der Waals surface area contributed by atoms with Crippen molar-refractivity contribution < 1.29 is 24.5 Å². The lowest BCUT2D eigenvalue weighted by molar-refractivity contribution is -0.143. The fraction of sp³-hybridized carbons (Fsp3) is 0.903. The van der Waals surface area contributed by atoms with Crippen LogP contribution >= 0.6 is 0 Å². The van der Waals surface area contributed by atoms with Gasteiger partial charge in [-0.05, 0) is 57.8 Å². The zero-order chi connectivity index (χ0) is 49.3. The molecule has 0 aromatic carbocycles. The van der Waals surface area contributed by atoms with Crippen LogP contribution in [0.25, 0.3) is 0 Å². The van der Waals surface area contributed by atoms with Gasteiger partial charge in [-0.3, -0.25) is 9.59 Å². The number of unbranched alkanes of at least 4 members (excludes halogenated alkanes) is 44. The van der Waals surface area contributed by atoms with Crippen LogP contribution < -0.4 is 5.32 Å². The molecule has 1 amide bonds. The van der Waals surface area contributed by atoms with Crippen molar-refractivity contribution in [1.82, 2.24) is 5.32 Å². The Kier molecular flexibility index (Phi) is 56.5. The molecule has 0 radical (unpaired) electrons. The molecule has 0 heterocycles. The maximum absolute atomic E-state index is 12.5. The summed E-state index contributed by atoms with van der Waals surface area (Å²) in [5.41, 5.74) is 0. The third kappa shape index (κ3) is 53.7. The van der Waals surface area contributed by atoms with Crippen LogP contribution in [0.2, 0.25) is 0 Å². The van der Waals surface area contributed by atoms with E-state index in [-0.39, 0.29) is 18.5 Å². The van der Waals surface area contributed by atoms with E-state index in [0.717, 1.165) is 44.9 Å². The van der Waals surface area contributed by atoms with Gasteiger partial charge in [0.25, 0.3) is 0 Å². The number of aliphatic hydroxyl groups excluding tert-OH is 2. The van der Waals surface area contributed by atoms with Gasteiger partial charge in [-0.15, -0.1) is 0 Å². The summed E-state index contributed by atoms with van der Waals surface area (Å²) in [6, 6.07) is -0.626. The summed E-state index contributed by atoms with van der Waals surface area (Å²) in [4.78, 5) is 24.5. The number of ether oxygens (including phenoxy) is 1. The third-order valence-corrected chi connectivity index (χ3v) is 14.2. The summed E-state index contributed by atoms with van der Waals surface area (Å²) in [6.45, 7) is 4.89. The Hall–Kier alpha value is -1.66. The molecule has 0 aliphatic heterocycles.